The van der Waals surface area contributed by atoms with Gasteiger partial charge < -0.3 is 9.80 Å². The van der Waals surface area contributed by atoms with Gasteiger partial charge in [-0.2, -0.15) is 0 Å². The van der Waals surface area contributed by atoms with Crippen LogP contribution in [0.15, 0.2) is 60.0 Å². The van der Waals surface area contributed by atoms with Crippen molar-refractivity contribution in [3.05, 3.63) is 92.7 Å². The lowest BCUT2D eigenvalue weighted by Crippen LogP contribution is -2.47. The molecule has 5 heteroatoms. The lowest BCUT2D eigenvalue weighted by Gasteiger charge is -2.38. The molecular weight excluding hydrogens is 440 g/mol. The summed E-state index contributed by atoms with van der Waals surface area (Å²) in [5.74, 6) is 0.193. The van der Waals surface area contributed by atoms with E-state index >= 15 is 0 Å². The first-order valence-electron chi connectivity index (χ1n) is 12.2. The van der Waals surface area contributed by atoms with E-state index in [0.29, 0.717) is 18.7 Å². The van der Waals surface area contributed by atoms with Crippen molar-refractivity contribution < 1.29 is 9.59 Å². The summed E-state index contributed by atoms with van der Waals surface area (Å²) >= 11 is 1.77. The van der Waals surface area contributed by atoms with E-state index in [4.69, 9.17) is 0 Å². The summed E-state index contributed by atoms with van der Waals surface area (Å²) in [6, 6.07) is 18.1. The summed E-state index contributed by atoms with van der Waals surface area (Å²) < 4.78 is 0. The highest BCUT2D eigenvalue weighted by Crippen LogP contribution is 2.39. The lowest BCUT2D eigenvalue weighted by molar-refractivity contribution is -0.134. The topological polar surface area (TPSA) is 40.6 Å². The van der Waals surface area contributed by atoms with Crippen LogP contribution in [-0.4, -0.2) is 41.2 Å². The van der Waals surface area contributed by atoms with Gasteiger partial charge in [-0.05, 0) is 71.5 Å². The van der Waals surface area contributed by atoms with Crippen LogP contribution in [0.2, 0.25) is 0 Å². The molecule has 0 N–H and O–H groups in total. The first-order valence-corrected chi connectivity index (χ1v) is 13.1. The monoisotopic (exact) mass is 474 g/mol. The summed E-state index contributed by atoms with van der Waals surface area (Å²) in [6.45, 7) is 9.68. The molecule has 4 rings (SSSR count). The van der Waals surface area contributed by atoms with E-state index in [1.807, 2.05) is 41.3 Å². The van der Waals surface area contributed by atoms with Gasteiger partial charge in [-0.1, -0.05) is 57.2 Å². The zero-order valence-corrected chi connectivity index (χ0v) is 21.4. The molecule has 0 saturated carbocycles. The van der Waals surface area contributed by atoms with Crippen LogP contribution in [0.25, 0.3) is 0 Å². The van der Waals surface area contributed by atoms with Gasteiger partial charge in [0.05, 0.1) is 6.04 Å². The van der Waals surface area contributed by atoms with Gasteiger partial charge in [0.25, 0.3) is 5.91 Å². The minimum atomic E-state index is -0.108. The fraction of sp³-hybridized carbons (Fsp3) is 0.379. The molecule has 178 valence electrons. The number of thiophene rings is 1. The van der Waals surface area contributed by atoms with Crippen molar-refractivity contribution in [1.82, 2.24) is 9.80 Å². The summed E-state index contributed by atoms with van der Waals surface area (Å²) in [6.07, 6.45) is 1.79. The highest BCUT2D eigenvalue weighted by molar-refractivity contribution is 7.10. The van der Waals surface area contributed by atoms with Crippen LogP contribution in [0.3, 0.4) is 0 Å². The second kappa shape index (κ2) is 10.6. The molecule has 2 amide bonds. The van der Waals surface area contributed by atoms with Crippen molar-refractivity contribution >= 4 is 23.2 Å². The predicted octanol–water partition coefficient (Wildman–Crippen LogP) is 5.89. The summed E-state index contributed by atoms with van der Waals surface area (Å²) in [4.78, 5) is 32.3. The number of rotatable bonds is 7. The van der Waals surface area contributed by atoms with Crippen LogP contribution in [-0.2, 0) is 17.6 Å². The fourth-order valence-electron chi connectivity index (χ4n) is 4.79. The molecule has 1 atom stereocenters. The Kier molecular flexibility index (Phi) is 7.52. The number of hydrogen-bond acceptors (Lipinski definition) is 3. The summed E-state index contributed by atoms with van der Waals surface area (Å²) in [7, 11) is 0. The molecule has 0 radical (unpaired) electrons. The minimum absolute atomic E-state index is 0.00396. The van der Waals surface area contributed by atoms with Crippen LogP contribution in [0.4, 0.5) is 0 Å². The van der Waals surface area contributed by atoms with Gasteiger partial charge in [-0.3, -0.25) is 9.59 Å². The first-order chi connectivity index (χ1) is 16.4. The maximum atomic E-state index is 13.8. The second-order valence-corrected chi connectivity index (χ2v) is 10.5. The normalized spacial score (nSPS) is 15.3. The van der Waals surface area contributed by atoms with Crippen LogP contribution in [0.1, 0.15) is 64.3 Å². The first kappa shape index (κ1) is 24.2. The van der Waals surface area contributed by atoms with Crippen LogP contribution < -0.4 is 0 Å². The zero-order chi connectivity index (χ0) is 24.2. The van der Waals surface area contributed by atoms with Gasteiger partial charge in [-0.15, -0.1) is 11.3 Å². The third-order valence-corrected chi connectivity index (χ3v) is 7.57. The van der Waals surface area contributed by atoms with Gasteiger partial charge >= 0.3 is 0 Å². The van der Waals surface area contributed by atoms with E-state index in [1.54, 1.807) is 16.2 Å². The number of carbonyl (C=O) groups excluding carboxylic acids is 2. The highest BCUT2D eigenvalue weighted by atomic mass is 32.1. The molecule has 2 aromatic carbocycles. The number of amides is 2. The quantitative estimate of drug-likeness (QED) is 0.428. The molecule has 0 fully saturated rings. The zero-order valence-electron chi connectivity index (χ0n) is 20.6. The third kappa shape index (κ3) is 5.10. The molecule has 0 aliphatic carbocycles. The summed E-state index contributed by atoms with van der Waals surface area (Å²) in [5, 5.41) is 2.12. The van der Waals surface area contributed by atoms with Gasteiger partial charge in [-0.25, -0.2) is 0 Å². The Morgan fingerprint density at radius 2 is 1.79 bits per heavy atom. The van der Waals surface area contributed by atoms with E-state index in [1.165, 1.54) is 21.6 Å². The molecular formula is C29H34N2O2S. The largest absolute Gasteiger partial charge is 0.330 e. The maximum Gasteiger partial charge on any atom is 0.254 e. The molecule has 0 saturated heterocycles. The standard InChI is InChI=1S/C29H34N2O2S/c1-5-22-10-12-23(13-11-22)29(33)30(18-20(2)3)19-27(32)31-16-14-26-25(15-17-34-26)28(31)24-9-7-6-8-21(24)4/h6-13,15,17,20,28H,5,14,16,18-19H2,1-4H3. The van der Waals surface area contributed by atoms with Gasteiger partial charge in [0.2, 0.25) is 5.91 Å². The molecule has 1 aromatic heterocycles. The number of carbonyl (C=O) groups is 2. The Bertz CT molecular complexity index is 1150. The Morgan fingerprint density at radius 1 is 1.06 bits per heavy atom. The van der Waals surface area contributed by atoms with Gasteiger partial charge in [0, 0.05) is 23.5 Å². The fourth-order valence-corrected chi connectivity index (χ4v) is 5.70. The Balaban J connectivity index is 1.62. The predicted molar refractivity (Wildman–Crippen MR) is 139 cm³/mol. The summed E-state index contributed by atoms with van der Waals surface area (Å²) in [5.41, 5.74) is 5.39. The number of aryl methyl sites for hydroxylation is 2. The van der Waals surface area contributed by atoms with Crippen molar-refractivity contribution in [1.29, 1.82) is 0 Å². The third-order valence-electron chi connectivity index (χ3n) is 6.58. The average Bonchev–Trinajstić information content (AvgIpc) is 3.32. The molecule has 4 nitrogen and oxygen atoms in total. The molecule has 3 aromatic rings. The van der Waals surface area contributed by atoms with Crippen LogP contribution in [0.5, 0.6) is 0 Å². The van der Waals surface area contributed by atoms with Crippen molar-refractivity contribution in [2.75, 3.05) is 19.6 Å². The number of hydrogen-bond donors (Lipinski definition) is 0. The highest BCUT2D eigenvalue weighted by Gasteiger charge is 2.34. The van der Waals surface area contributed by atoms with E-state index in [2.05, 4.69) is 51.3 Å². The Morgan fingerprint density at radius 3 is 2.47 bits per heavy atom. The van der Waals surface area contributed by atoms with Crippen molar-refractivity contribution in [3.8, 4) is 0 Å². The lowest BCUT2D eigenvalue weighted by atomic mass is 9.90. The van der Waals surface area contributed by atoms with E-state index in [-0.39, 0.29) is 30.3 Å². The van der Waals surface area contributed by atoms with Gasteiger partial charge in [0.1, 0.15) is 6.54 Å². The van der Waals surface area contributed by atoms with Crippen molar-refractivity contribution in [2.24, 2.45) is 5.92 Å². The molecule has 2 heterocycles. The molecule has 0 bridgehead atoms. The smallest absolute Gasteiger partial charge is 0.254 e. The van der Waals surface area contributed by atoms with Gasteiger partial charge in [0.15, 0.2) is 0 Å². The molecule has 0 spiro atoms. The SMILES string of the molecule is CCc1ccc(C(=O)N(CC(=O)N2CCc3sccc3C2c2ccccc2C)CC(C)C)cc1. The van der Waals surface area contributed by atoms with Crippen LogP contribution >= 0.6 is 11.3 Å². The van der Waals surface area contributed by atoms with E-state index in [9.17, 15) is 9.59 Å². The average molecular weight is 475 g/mol. The number of benzene rings is 2. The van der Waals surface area contributed by atoms with E-state index in [0.717, 1.165) is 18.4 Å². The van der Waals surface area contributed by atoms with Crippen molar-refractivity contribution in [2.45, 2.75) is 46.6 Å². The molecule has 1 aliphatic heterocycles. The maximum absolute atomic E-state index is 13.8. The molecule has 34 heavy (non-hydrogen) atoms. The van der Waals surface area contributed by atoms with Crippen LogP contribution in [0, 0.1) is 12.8 Å². The van der Waals surface area contributed by atoms with E-state index < -0.39 is 0 Å². The van der Waals surface area contributed by atoms with Crippen molar-refractivity contribution in [3.63, 3.8) is 0 Å². The Labute approximate surface area is 207 Å². The minimum Gasteiger partial charge on any atom is -0.330 e. The molecule has 1 aliphatic rings. The molecule has 1 unspecified atom stereocenters. The number of nitrogens with zero attached hydrogens (tertiary/aromatic N) is 2. The second-order valence-electron chi connectivity index (χ2n) is 9.53. The number of fused-ring (bicyclic) bond motifs is 1. The Hall–Kier alpha value is -2.92.